The van der Waals surface area contributed by atoms with Gasteiger partial charge in [-0.2, -0.15) is 0 Å². The fourth-order valence-corrected chi connectivity index (χ4v) is 6.72. The quantitative estimate of drug-likeness (QED) is 0.239. The maximum absolute atomic E-state index is 13.1. The molecule has 160 valence electrons. The SMILES string of the molecule is C=C(C)C(=O)Oc1ccc([C](=O)[Ge]([CH3])([CH3])[C](=O)c2ccc(OC(=O)C(=C)C)cc2)cc1. The van der Waals surface area contributed by atoms with Gasteiger partial charge in [-0.15, -0.1) is 0 Å². The first-order valence-corrected chi connectivity index (χ1v) is 15.8. The average Bonchev–Trinajstić information content (AvgIpc) is 2.73. The van der Waals surface area contributed by atoms with E-state index >= 15 is 0 Å². The topological polar surface area (TPSA) is 86.7 Å². The molecule has 0 unspecified atom stereocenters. The van der Waals surface area contributed by atoms with Crippen LogP contribution in [0.15, 0.2) is 72.8 Å². The van der Waals surface area contributed by atoms with Crippen molar-refractivity contribution in [3.63, 3.8) is 0 Å². The summed E-state index contributed by atoms with van der Waals surface area (Å²) >= 11 is -3.65. The molecule has 0 radical (unpaired) electrons. The Bertz CT molecular complexity index is 977. The molecular formula is C24H24GeO6. The predicted octanol–water partition coefficient (Wildman–Crippen LogP) is 4.50. The summed E-state index contributed by atoms with van der Waals surface area (Å²) in [4.78, 5) is 49.3. The summed E-state index contributed by atoms with van der Waals surface area (Å²) in [5.74, 6) is 2.94. The third kappa shape index (κ3) is 5.89. The van der Waals surface area contributed by atoms with Crippen molar-refractivity contribution in [2.75, 3.05) is 0 Å². The van der Waals surface area contributed by atoms with E-state index in [9.17, 15) is 19.2 Å². The summed E-state index contributed by atoms with van der Waals surface area (Å²) in [6, 6.07) is 12.2. The Hall–Kier alpha value is -3.26. The first-order valence-electron chi connectivity index (χ1n) is 9.48. The molecule has 0 aliphatic rings. The normalized spacial score (nSPS) is 10.7. The fraction of sp³-hybridized carbons (Fsp3) is 0.167. The van der Waals surface area contributed by atoms with Crippen LogP contribution >= 0.6 is 0 Å². The number of rotatable bonds is 8. The predicted molar refractivity (Wildman–Crippen MR) is 120 cm³/mol. The number of carbonyl (C=O) groups excluding carboxylic acids is 4. The van der Waals surface area contributed by atoms with E-state index in [1.165, 1.54) is 24.3 Å². The molecule has 0 N–H and O–H groups in total. The molecule has 0 aliphatic heterocycles. The molecule has 2 rings (SSSR count). The van der Waals surface area contributed by atoms with E-state index < -0.39 is 25.2 Å². The Morgan fingerprint density at radius 1 is 0.645 bits per heavy atom. The van der Waals surface area contributed by atoms with Crippen LogP contribution in [0.3, 0.4) is 0 Å². The Morgan fingerprint density at radius 3 is 1.19 bits per heavy atom. The van der Waals surface area contributed by atoms with Gasteiger partial charge in [0, 0.05) is 0 Å². The second kappa shape index (κ2) is 9.70. The van der Waals surface area contributed by atoms with Crippen molar-refractivity contribution < 1.29 is 28.7 Å². The number of hydrogen-bond acceptors (Lipinski definition) is 6. The van der Waals surface area contributed by atoms with E-state index in [0.717, 1.165) is 0 Å². The second-order valence-electron chi connectivity index (χ2n) is 7.67. The van der Waals surface area contributed by atoms with Crippen LogP contribution in [0.2, 0.25) is 11.5 Å². The van der Waals surface area contributed by atoms with Gasteiger partial charge in [0.2, 0.25) is 0 Å². The molecule has 0 bridgehead atoms. The van der Waals surface area contributed by atoms with Crippen LogP contribution in [-0.2, 0) is 9.59 Å². The van der Waals surface area contributed by atoms with Crippen LogP contribution in [0.5, 0.6) is 11.5 Å². The maximum atomic E-state index is 13.1. The molecule has 6 nitrogen and oxygen atoms in total. The molecule has 0 amide bonds. The van der Waals surface area contributed by atoms with E-state index in [0.29, 0.717) is 22.6 Å². The van der Waals surface area contributed by atoms with Gasteiger partial charge in [-0.1, -0.05) is 0 Å². The summed E-state index contributed by atoms with van der Waals surface area (Å²) in [7, 11) is 0. The third-order valence-electron chi connectivity index (χ3n) is 4.49. The zero-order valence-corrected chi connectivity index (χ0v) is 20.1. The minimum atomic E-state index is -3.65. The summed E-state index contributed by atoms with van der Waals surface area (Å²) in [5, 5.41) is 0. The van der Waals surface area contributed by atoms with Crippen LogP contribution in [0.25, 0.3) is 0 Å². The zero-order chi connectivity index (χ0) is 23.3. The van der Waals surface area contributed by atoms with Gasteiger partial charge in [0.25, 0.3) is 0 Å². The second-order valence-corrected chi connectivity index (χ2v) is 16.4. The van der Waals surface area contributed by atoms with Gasteiger partial charge < -0.3 is 0 Å². The van der Waals surface area contributed by atoms with E-state index in [2.05, 4.69) is 13.2 Å². The molecule has 2 aromatic rings. The standard InChI is InChI=1S/C24H24GeO6/c1-15(2)23(28)30-19-11-7-17(8-12-19)21(26)25(5,6)22(27)18-9-13-20(14-10-18)31-24(29)16(3)4/h7-14H,1,3H2,2,4-6H3. The number of hydrogen-bond donors (Lipinski definition) is 0. The van der Waals surface area contributed by atoms with Crippen LogP contribution in [0.4, 0.5) is 0 Å². The summed E-state index contributed by atoms with van der Waals surface area (Å²) in [6.07, 6.45) is 0. The molecule has 0 atom stereocenters. The zero-order valence-electron chi connectivity index (χ0n) is 18.0. The first kappa shape index (κ1) is 24.0. The van der Waals surface area contributed by atoms with Crippen LogP contribution in [0.1, 0.15) is 34.6 Å². The number of carbonyl (C=O) groups is 4. The van der Waals surface area contributed by atoms with E-state index in [1.54, 1.807) is 49.6 Å². The monoisotopic (exact) mass is 482 g/mol. The van der Waals surface area contributed by atoms with Gasteiger partial charge >= 0.3 is 184 Å². The number of esters is 2. The minimum absolute atomic E-state index is 0.194. The van der Waals surface area contributed by atoms with E-state index in [4.69, 9.17) is 9.47 Å². The summed E-state index contributed by atoms with van der Waals surface area (Å²) in [6.45, 7) is 10.1. The van der Waals surface area contributed by atoms with Gasteiger partial charge in [0.15, 0.2) is 0 Å². The summed E-state index contributed by atoms with van der Waals surface area (Å²) in [5.41, 5.74) is 1.31. The molecule has 31 heavy (non-hydrogen) atoms. The van der Waals surface area contributed by atoms with Crippen molar-refractivity contribution in [2.45, 2.75) is 25.4 Å². The van der Waals surface area contributed by atoms with Gasteiger partial charge in [0.05, 0.1) is 0 Å². The first-order chi connectivity index (χ1) is 14.4. The Kier molecular flexibility index (Phi) is 7.52. The molecule has 0 saturated heterocycles. The molecule has 0 aromatic heterocycles. The van der Waals surface area contributed by atoms with Crippen molar-refractivity contribution in [1.29, 1.82) is 0 Å². The Labute approximate surface area is 183 Å². The van der Waals surface area contributed by atoms with Gasteiger partial charge in [0.1, 0.15) is 0 Å². The van der Waals surface area contributed by atoms with Crippen molar-refractivity contribution in [2.24, 2.45) is 0 Å². The molecule has 2 aromatic carbocycles. The van der Waals surface area contributed by atoms with E-state index in [-0.39, 0.29) is 20.4 Å². The number of benzene rings is 2. The van der Waals surface area contributed by atoms with Crippen molar-refractivity contribution in [1.82, 2.24) is 0 Å². The average molecular weight is 481 g/mol. The molecule has 0 fully saturated rings. The van der Waals surface area contributed by atoms with E-state index in [1.807, 2.05) is 0 Å². The fourth-order valence-electron chi connectivity index (χ4n) is 2.56. The van der Waals surface area contributed by atoms with Gasteiger partial charge in [-0.25, -0.2) is 0 Å². The Balaban J connectivity index is 2.16. The molecule has 0 heterocycles. The molecule has 0 spiro atoms. The van der Waals surface area contributed by atoms with Crippen LogP contribution in [-0.4, -0.2) is 34.4 Å². The van der Waals surface area contributed by atoms with Crippen molar-refractivity contribution in [3.05, 3.63) is 84.0 Å². The third-order valence-corrected chi connectivity index (χ3v) is 10.5. The van der Waals surface area contributed by atoms with Crippen molar-refractivity contribution >= 4 is 34.4 Å². The van der Waals surface area contributed by atoms with Crippen LogP contribution < -0.4 is 9.47 Å². The Morgan fingerprint density at radius 2 is 0.935 bits per heavy atom. The molecule has 0 aliphatic carbocycles. The molecule has 0 saturated carbocycles. The van der Waals surface area contributed by atoms with Gasteiger partial charge in [-0.05, 0) is 0 Å². The summed E-state index contributed by atoms with van der Waals surface area (Å²) < 4.78 is 9.86. The molecule has 7 heteroatoms. The number of ether oxygens (including phenoxy) is 2. The molecular weight excluding hydrogens is 457 g/mol. The van der Waals surface area contributed by atoms with Crippen molar-refractivity contribution in [3.8, 4) is 11.5 Å². The van der Waals surface area contributed by atoms with Gasteiger partial charge in [-0.3, -0.25) is 0 Å². The van der Waals surface area contributed by atoms with Crippen LogP contribution in [0, 0.1) is 0 Å².